The molecule has 3 rings (SSSR count). The van der Waals surface area contributed by atoms with Crippen LogP contribution < -0.4 is 5.73 Å². The van der Waals surface area contributed by atoms with Crippen LogP contribution in [0.5, 0.6) is 0 Å². The number of rotatable bonds is 1. The maximum absolute atomic E-state index is 6.07. The maximum Gasteiger partial charge on any atom is 0.0574 e. The van der Waals surface area contributed by atoms with Crippen LogP contribution in [-0.4, -0.2) is 16.2 Å². The lowest BCUT2D eigenvalue weighted by Gasteiger charge is -2.23. The number of nitrogens with two attached hydrogens (primary N) is 1. The summed E-state index contributed by atoms with van der Waals surface area (Å²) in [5, 5.41) is 7.77. The Hall–Kier alpha value is -1.74. The Morgan fingerprint density at radius 3 is 2.94 bits per heavy atom. The van der Waals surface area contributed by atoms with Gasteiger partial charge in [-0.25, -0.2) is 0 Å². The molecule has 1 aliphatic carbocycles. The summed E-state index contributed by atoms with van der Waals surface area (Å²) < 4.78 is 0. The van der Waals surface area contributed by atoms with Gasteiger partial charge in [-0.1, -0.05) is 18.2 Å². The second-order valence-corrected chi connectivity index (χ2v) is 4.58. The average molecular weight is 225 g/mol. The van der Waals surface area contributed by atoms with Crippen LogP contribution in [0.1, 0.15) is 17.5 Å². The lowest BCUT2D eigenvalue weighted by atomic mass is 9.84. The van der Waals surface area contributed by atoms with E-state index in [0.29, 0.717) is 6.04 Å². The van der Waals surface area contributed by atoms with Crippen molar-refractivity contribution in [1.29, 1.82) is 0 Å². The molecule has 86 valence electrons. The van der Waals surface area contributed by atoms with Crippen LogP contribution >= 0.6 is 0 Å². The van der Waals surface area contributed by atoms with Gasteiger partial charge in [0, 0.05) is 11.6 Å². The second kappa shape index (κ2) is 4.26. The number of aryl methyl sites for hydroxylation is 1. The van der Waals surface area contributed by atoms with E-state index < -0.39 is 0 Å². The van der Waals surface area contributed by atoms with E-state index in [2.05, 4.69) is 28.4 Å². The Morgan fingerprint density at radius 2 is 2.12 bits per heavy atom. The monoisotopic (exact) mass is 225 g/mol. The molecule has 2 aromatic rings. The first-order valence-electron chi connectivity index (χ1n) is 5.98. The number of aromatic nitrogens is 2. The van der Waals surface area contributed by atoms with Gasteiger partial charge in [0.05, 0.1) is 12.4 Å². The Morgan fingerprint density at radius 1 is 1.18 bits per heavy atom. The molecule has 1 aromatic heterocycles. The van der Waals surface area contributed by atoms with Crippen molar-refractivity contribution >= 4 is 0 Å². The molecule has 0 spiro atoms. The summed E-state index contributed by atoms with van der Waals surface area (Å²) in [5.74, 6) is 0. The third-order valence-electron chi connectivity index (χ3n) is 3.42. The highest BCUT2D eigenvalue weighted by atomic mass is 15.1. The highest BCUT2D eigenvalue weighted by Gasteiger charge is 2.18. The molecule has 0 bridgehead atoms. The van der Waals surface area contributed by atoms with Crippen LogP contribution in [0.4, 0.5) is 0 Å². The largest absolute Gasteiger partial charge is 0.327 e. The molecule has 0 aliphatic heterocycles. The van der Waals surface area contributed by atoms with Crippen molar-refractivity contribution in [3.8, 4) is 11.1 Å². The van der Waals surface area contributed by atoms with Crippen molar-refractivity contribution in [3.63, 3.8) is 0 Å². The fourth-order valence-corrected chi connectivity index (χ4v) is 2.54. The number of benzene rings is 1. The summed E-state index contributed by atoms with van der Waals surface area (Å²) in [7, 11) is 0. The number of hydrogen-bond acceptors (Lipinski definition) is 3. The highest BCUT2D eigenvalue weighted by molar-refractivity contribution is 5.68. The van der Waals surface area contributed by atoms with Gasteiger partial charge in [0.2, 0.25) is 0 Å². The van der Waals surface area contributed by atoms with Crippen molar-refractivity contribution in [2.24, 2.45) is 5.73 Å². The number of nitrogens with zero attached hydrogens (tertiary/aromatic N) is 2. The zero-order valence-electron chi connectivity index (χ0n) is 9.63. The van der Waals surface area contributed by atoms with E-state index in [-0.39, 0.29) is 0 Å². The zero-order valence-corrected chi connectivity index (χ0v) is 9.63. The molecule has 1 aliphatic rings. The van der Waals surface area contributed by atoms with Gasteiger partial charge in [-0.05, 0) is 42.0 Å². The van der Waals surface area contributed by atoms with Crippen LogP contribution in [0.15, 0.2) is 36.7 Å². The van der Waals surface area contributed by atoms with Gasteiger partial charge in [0.25, 0.3) is 0 Å². The van der Waals surface area contributed by atoms with Gasteiger partial charge >= 0.3 is 0 Å². The molecule has 0 saturated carbocycles. The molecule has 17 heavy (non-hydrogen) atoms. The summed E-state index contributed by atoms with van der Waals surface area (Å²) in [4.78, 5) is 0. The van der Waals surface area contributed by atoms with E-state index in [1.54, 1.807) is 6.20 Å². The van der Waals surface area contributed by atoms with Crippen molar-refractivity contribution in [3.05, 3.63) is 47.8 Å². The van der Waals surface area contributed by atoms with Crippen molar-refractivity contribution in [2.45, 2.75) is 25.3 Å². The van der Waals surface area contributed by atoms with E-state index in [1.165, 1.54) is 16.7 Å². The first kappa shape index (κ1) is 10.4. The van der Waals surface area contributed by atoms with E-state index in [4.69, 9.17) is 5.73 Å². The summed E-state index contributed by atoms with van der Waals surface area (Å²) >= 11 is 0. The van der Waals surface area contributed by atoms with Crippen molar-refractivity contribution in [1.82, 2.24) is 10.2 Å². The number of fused-ring (bicyclic) bond motifs is 1. The molecule has 1 aromatic carbocycles. The van der Waals surface area contributed by atoms with Crippen molar-refractivity contribution < 1.29 is 0 Å². The minimum Gasteiger partial charge on any atom is -0.327 e. The summed E-state index contributed by atoms with van der Waals surface area (Å²) in [5.41, 5.74) is 11.3. The molecule has 0 unspecified atom stereocenters. The highest BCUT2D eigenvalue weighted by Crippen LogP contribution is 2.30. The van der Waals surface area contributed by atoms with Crippen LogP contribution in [0.2, 0.25) is 0 Å². The normalized spacial score (nSPS) is 18.8. The topological polar surface area (TPSA) is 51.8 Å². The molecule has 0 saturated heterocycles. The van der Waals surface area contributed by atoms with Crippen LogP contribution in [0.3, 0.4) is 0 Å². The molecule has 0 amide bonds. The smallest absolute Gasteiger partial charge is 0.0574 e. The molecule has 1 heterocycles. The summed E-state index contributed by atoms with van der Waals surface area (Å²) in [6.07, 6.45) is 6.69. The minimum absolute atomic E-state index is 0.290. The summed E-state index contributed by atoms with van der Waals surface area (Å²) in [6, 6.07) is 8.76. The average Bonchev–Trinajstić information content (AvgIpc) is 2.39. The van der Waals surface area contributed by atoms with Crippen LogP contribution in [-0.2, 0) is 12.8 Å². The molecule has 3 nitrogen and oxygen atoms in total. The van der Waals surface area contributed by atoms with Gasteiger partial charge in [-0.15, -0.1) is 0 Å². The lowest BCUT2D eigenvalue weighted by molar-refractivity contribution is 0.577. The molecular formula is C14H15N3. The van der Waals surface area contributed by atoms with Crippen molar-refractivity contribution in [2.75, 3.05) is 0 Å². The van der Waals surface area contributed by atoms with E-state index in [1.807, 2.05) is 12.3 Å². The van der Waals surface area contributed by atoms with Gasteiger partial charge in [0.1, 0.15) is 0 Å². The fraction of sp³-hybridized carbons (Fsp3) is 0.286. The first-order valence-corrected chi connectivity index (χ1v) is 5.98. The molecule has 0 fully saturated rings. The molecule has 1 atom stereocenters. The maximum atomic E-state index is 6.07. The van der Waals surface area contributed by atoms with E-state index in [0.717, 1.165) is 24.8 Å². The standard InChI is InChI=1S/C14H15N3/c15-12-5-4-10-2-1-3-13(14(10)8-12)11-6-7-16-17-9-11/h1-3,6-7,9,12H,4-5,8,15H2/t12-/m1/s1. The molecular weight excluding hydrogens is 210 g/mol. The third kappa shape index (κ3) is 1.94. The Labute approximate surface area is 101 Å². The van der Waals surface area contributed by atoms with Gasteiger partial charge in [0.15, 0.2) is 0 Å². The van der Waals surface area contributed by atoms with E-state index >= 15 is 0 Å². The molecule has 3 heteroatoms. The Balaban J connectivity index is 2.12. The predicted octanol–water partition coefficient (Wildman–Crippen LogP) is 1.96. The Bertz CT molecular complexity index is 522. The Kier molecular flexibility index (Phi) is 2.61. The summed E-state index contributed by atoms with van der Waals surface area (Å²) in [6.45, 7) is 0. The van der Waals surface area contributed by atoms with Gasteiger partial charge in [-0.2, -0.15) is 10.2 Å². The lowest BCUT2D eigenvalue weighted by Crippen LogP contribution is -2.28. The first-order chi connectivity index (χ1) is 8.34. The van der Waals surface area contributed by atoms with E-state index in [9.17, 15) is 0 Å². The van der Waals surface area contributed by atoms with Gasteiger partial charge < -0.3 is 5.73 Å². The minimum atomic E-state index is 0.290. The SMILES string of the molecule is N[C@@H]1CCc2cccc(-c3ccnnc3)c2C1. The zero-order chi connectivity index (χ0) is 11.7. The van der Waals surface area contributed by atoms with Crippen LogP contribution in [0.25, 0.3) is 11.1 Å². The predicted molar refractivity (Wildman–Crippen MR) is 67.5 cm³/mol. The van der Waals surface area contributed by atoms with Gasteiger partial charge in [-0.3, -0.25) is 0 Å². The molecule has 2 N–H and O–H groups in total. The third-order valence-corrected chi connectivity index (χ3v) is 3.42. The quantitative estimate of drug-likeness (QED) is 0.807. The second-order valence-electron chi connectivity index (χ2n) is 4.58. The van der Waals surface area contributed by atoms with Crippen LogP contribution in [0, 0.1) is 0 Å². The fourth-order valence-electron chi connectivity index (χ4n) is 2.54. The molecule has 0 radical (unpaired) electrons. The number of hydrogen-bond donors (Lipinski definition) is 1.